The van der Waals surface area contributed by atoms with Crippen molar-refractivity contribution in [1.82, 2.24) is 5.32 Å². The van der Waals surface area contributed by atoms with E-state index >= 15 is 0 Å². The second kappa shape index (κ2) is 3.83. The second-order valence-corrected chi connectivity index (χ2v) is 6.86. The molecule has 3 rings (SSSR count). The van der Waals surface area contributed by atoms with E-state index in [0.717, 1.165) is 18.4 Å². The first-order valence-corrected chi connectivity index (χ1v) is 7.42. The minimum Gasteiger partial charge on any atom is -0.309 e. The summed E-state index contributed by atoms with van der Waals surface area (Å²) in [5.74, 6) is 0. The highest BCUT2D eigenvalue weighted by Gasteiger charge is 2.31. The third kappa shape index (κ3) is 2.01. The Bertz CT molecular complexity index is 603. The highest BCUT2D eigenvalue weighted by atomic mass is 35.5. The largest absolute Gasteiger partial charge is 0.309 e. The van der Waals surface area contributed by atoms with Crippen LogP contribution in [0.2, 0.25) is 5.02 Å². The summed E-state index contributed by atoms with van der Waals surface area (Å²) < 4.78 is 24.4. The first kappa shape index (κ1) is 11.3. The van der Waals surface area contributed by atoms with Gasteiger partial charge in [0.05, 0.1) is 9.80 Å². The Hall–Kier alpha value is -0.840. The van der Waals surface area contributed by atoms with E-state index in [-0.39, 0.29) is 0 Å². The molecule has 3 nitrogen and oxygen atoms in total. The van der Waals surface area contributed by atoms with Crippen LogP contribution in [-0.2, 0) is 9.84 Å². The Kier molecular flexibility index (Phi) is 2.54. The number of fused-ring (bicyclic) bond motifs is 1. The lowest BCUT2D eigenvalue weighted by Crippen LogP contribution is -2.21. The number of benzene rings is 1. The van der Waals surface area contributed by atoms with Crippen LogP contribution < -0.4 is 5.32 Å². The number of nitrogens with one attached hydrogen (secondary N) is 1. The molecule has 1 fully saturated rings. The fourth-order valence-electron chi connectivity index (χ4n) is 1.93. The Morgan fingerprint density at radius 2 is 2.12 bits per heavy atom. The predicted molar refractivity (Wildman–Crippen MR) is 67.6 cm³/mol. The maximum absolute atomic E-state index is 12.2. The Morgan fingerprint density at radius 1 is 1.35 bits per heavy atom. The van der Waals surface area contributed by atoms with E-state index in [1.165, 1.54) is 6.07 Å². The highest BCUT2D eigenvalue weighted by Crippen LogP contribution is 2.34. The summed E-state index contributed by atoms with van der Waals surface area (Å²) in [4.78, 5) is 0.777. The quantitative estimate of drug-likeness (QED) is 0.915. The van der Waals surface area contributed by atoms with Gasteiger partial charge in [0.2, 0.25) is 9.84 Å². The van der Waals surface area contributed by atoms with Crippen molar-refractivity contribution in [2.75, 3.05) is 6.54 Å². The molecule has 0 amide bonds. The van der Waals surface area contributed by atoms with E-state index in [1.54, 1.807) is 18.2 Å². The molecule has 0 aromatic heterocycles. The van der Waals surface area contributed by atoms with Crippen molar-refractivity contribution in [1.29, 1.82) is 0 Å². The predicted octanol–water partition coefficient (Wildman–Crippen LogP) is 2.22. The van der Waals surface area contributed by atoms with Gasteiger partial charge in [0, 0.05) is 17.6 Å². The van der Waals surface area contributed by atoms with Gasteiger partial charge in [-0.15, -0.1) is 0 Å². The average molecular weight is 270 g/mol. The van der Waals surface area contributed by atoms with Crippen LogP contribution in [0.1, 0.15) is 18.4 Å². The fraction of sp³-hybridized carbons (Fsp3) is 0.333. The van der Waals surface area contributed by atoms with Crippen molar-refractivity contribution in [2.24, 2.45) is 0 Å². The summed E-state index contributed by atoms with van der Waals surface area (Å²) >= 11 is 5.83. The van der Waals surface area contributed by atoms with Crippen LogP contribution in [0.15, 0.2) is 28.0 Å². The van der Waals surface area contributed by atoms with E-state index in [2.05, 4.69) is 5.32 Å². The van der Waals surface area contributed by atoms with Gasteiger partial charge in [-0.1, -0.05) is 17.7 Å². The molecule has 0 spiro atoms. The van der Waals surface area contributed by atoms with Gasteiger partial charge in [-0.25, -0.2) is 8.42 Å². The van der Waals surface area contributed by atoms with Gasteiger partial charge in [0.1, 0.15) is 0 Å². The molecule has 0 bridgehead atoms. The number of hydrogen-bond donors (Lipinski definition) is 1. The van der Waals surface area contributed by atoms with Gasteiger partial charge in [0.25, 0.3) is 0 Å². The smallest absolute Gasteiger partial charge is 0.204 e. The third-order valence-corrected chi connectivity index (χ3v) is 5.19. The Morgan fingerprint density at radius 3 is 2.82 bits per heavy atom. The van der Waals surface area contributed by atoms with Gasteiger partial charge < -0.3 is 5.32 Å². The zero-order chi connectivity index (χ0) is 12.0. The van der Waals surface area contributed by atoms with Crippen LogP contribution in [0.4, 0.5) is 0 Å². The molecule has 1 aliphatic heterocycles. The van der Waals surface area contributed by atoms with E-state index in [4.69, 9.17) is 11.6 Å². The topological polar surface area (TPSA) is 46.2 Å². The maximum atomic E-state index is 12.2. The maximum Gasteiger partial charge on any atom is 0.204 e. The number of halogens is 1. The van der Waals surface area contributed by atoms with Crippen LogP contribution in [-0.4, -0.2) is 21.0 Å². The molecule has 0 atom stereocenters. The first-order valence-electron chi connectivity index (χ1n) is 5.56. The van der Waals surface area contributed by atoms with Crippen molar-refractivity contribution in [3.63, 3.8) is 0 Å². The Labute approximate surface area is 105 Å². The molecule has 17 heavy (non-hydrogen) atoms. The molecule has 1 aromatic carbocycles. The summed E-state index contributed by atoms with van der Waals surface area (Å²) in [7, 11) is -3.32. The second-order valence-electron chi connectivity index (χ2n) is 4.45. The molecular weight excluding hydrogens is 258 g/mol. The zero-order valence-corrected chi connectivity index (χ0v) is 10.7. The molecular formula is C12H12ClNO2S. The van der Waals surface area contributed by atoms with Crippen molar-refractivity contribution < 1.29 is 8.42 Å². The molecule has 1 aliphatic carbocycles. The van der Waals surface area contributed by atoms with Gasteiger partial charge in [0.15, 0.2) is 0 Å². The van der Waals surface area contributed by atoms with E-state index in [0.29, 0.717) is 27.4 Å². The van der Waals surface area contributed by atoms with Gasteiger partial charge >= 0.3 is 0 Å². The molecule has 0 unspecified atom stereocenters. The van der Waals surface area contributed by atoms with Crippen molar-refractivity contribution in [3.05, 3.63) is 33.7 Å². The van der Waals surface area contributed by atoms with Crippen molar-refractivity contribution in [3.8, 4) is 0 Å². The van der Waals surface area contributed by atoms with Crippen LogP contribution in [0.25, 0.3) is 6.08 Å². The van der Waals surface area contributed by atoms with Crippen molar-refractivity contribution >= 4 is 27.5 Å². The molecule has 1 heterocycles. The summed E-state index contributed by atoms with van der Waals surface area (Å²) in [6.45, 7) is 0.416. The molecule has 1 saturated carbocycles. The van der Waals surface area contributed by atoms with E-state index < -0.39 is 9.84 Å². The summed E-state index contributed by atoms with van der Waals surface area (Å²) in [6.07, 6.45) is 4.02. The number of rotatable bonds is 3. The minimum absolute atomic E-state index is 0.331. The molecule has 0 saturated heterocycles. The van der Waals surface area contributed by atoms with Gasteiger partial charge in [-0.2, -0.15) is 0 Å². The number of hydrogen-bond acceptors (Lipinski definition) is 3. The molecule has 2 aliphatic rings. The third-order valence-electron chi connectivity index (χ3n) is 3.07. The standard InChI is InChI=1S/C12H12ClNO2S/c13-9-2-1-8-5-11(7-14-10-3-4-10)17(15,16)12(8)6-9/h1-2,5-6,10,14H,3-4,7H2. The van der Waals surface area contributed by atoms with Gasteiger partial charge in [-0.05, 0) is 36.6 Å². The zero-order valence-electron chi connectivity index (χ0n) is 9.11. The van der Waals surface area contributed by atoms with Crippen LogP contribution in [0, 0.1) is 0 Å². The molecule has 0 radical (unpaired) electrons. The molecule has 1 N–H and O–H groups in total. The molecule has 1 aromatic rings. The van der Waals surface area contributed by atoms with Crippen LogP contribution >= 0.6 is 11.6 Å². The lowest BCUT2D eigenvalue weighted by atomic mass is 10.2. The summed E-state index contributed by atoms with van der Waals surface area (Å²) in [6, 6.07) is 5.48. The SMILES string of the molecule is O=S1(=O)C(CNC2CC2)=Cc2ccc(Cl)cc21. The van der Waals surface area contributed by atoms with Crippen LogP contribution in [0.3, 0.4) is 0 Å². The Balaban J connectivity index is 1.93. The first-order chi connectivity index (χ1) is 8.07. The highest BCUT2D eigenvalue weighted by molar-refractivity contribution is 7.95. The van der Waals surface area contributed by atoms with Crippen LogP contribution in [0.5, 0.6) is 0 Å². The number of sulfone groups is 1. The van der Waals surface area contributed by atoms with E-state index in [9.17, 15) is 8.42 Å². The normalized spacial score (nSPS) is 21.1. The lowest BCUT2D eigenvalue weighted by molar-refractivity contribution is 0.600. The lowest BCUT2D eigenvalue weighted by Gasteiger charge is -2.04. The molecule has 5 heteroatoms. The minimum atomic E-state index is -3.32. The summed E-state index contributed by atoms with van der Waals surface area (Å²) in [5, 5.41) is 3.68. The van der Waals surface area contributed by atoms with E-state index in [1.807, 2.05) is 0 Å². The fourth-order valence-corrected chi connectivity index (χ4v) is 3.72. The monoisotopic (exact) mass is 269 g/mol. The summed E-state index contributed by atoms with van der Waals surface area (Å²) in [5.41, 5.74) is 0.738. The van der Waals surface area contributed by atoms with Gasteiger partial charge in [-0.3, -0.25) is 0 Å². The van der Waals surface area contributed by atoms with Crippen molar-refractivity contribution in [2.45, 2.75) is 23.8 Å². The molecule has 90 valence electrons. The average Bonchev–Trinajstić information content (AvgIpc) is 3.05.